The molecule has 2 rings (SSSR count). The molecule has 0 bridgehead atoms. The van der Waals surface area contributed by atoms with E-state index in [1.165, 1.54) is 12.3 Å². The zero-order valence-corrected chi connectivity index (χ0v) is 7.71. The average Bonchev–Trinajstić information content (AvgIpc) is 2.66. The molecule has 0 unspecified atom stereocenters. The molecular formula is C10H8F2N2O. The van der Waals surface area contributed by atoms with Gasteiger partial charge in [0, 0.05) is 12.6 Å². The molecule has 1 heterocycles. The summed E-state index contributed by atoms with van der Waals surface area (Å²) in [4.78, 5) is 3.94. The molecule has 1 aromatic heterocycles. The standard InChI is InChI=1S/C10H8F2N2O/c11-6-1-2-8(9(12)3-6)10-14-7(4-13)5-15-10/h1-3,5H,4,13H2. The normalized spacial score (nSPS) is 10.6. The molecule has 5 heteroatoms. The average molecular weight is 210 g/mol. The van der Waals surface area contributed by atoms with E-state index in [2.05, 4.69) is 4.98 Å². The third kappa shape index (κ3) is 1.87. The number of hydrogen-bond acceptors (Lipinski definition) is 3. The Bertz CT molecular complexity index is 482. The van der Waals surface area contributed by atoms with Gasteiger partial charge in [0.05, 0.1) is 11.3 Å². The first-order chi connectivity index (χ1) is 7.20. The Balaban J connectivity index is 2.44. The molecule has 0 aliphatic carbocycles. The molecule has 78 valence electrons. The molecule has 3 nitrogen and oxygen atoms in total. The maximum Gasteiger partial charge on any atom is 0.229 e. The summed E-state index contributed by atoms with van der Waals surface area (Å²) in [5.74, 6) is -1.24. The van der Waals surface area contributed by atoms with Crippen LogP contribution in [0.3, 0.4) is 0 Å². The van der Waals surface area contributed by atoms with Crippen LogP contribution in [0.15, 0.2) is 28.9 Å². The molecule has 0 amide bonds. The molecule has 2 aromatic rings. The number of nitrogens with two attached hydrogens (primary N) is 1. The fourth-order valence-electron chi connectivity index (χ4n) is 1.19. The summed E-state index contributed by atoms with van der Waals surface area (Å²) in [7, 11) is 0. The molecular weight excluding hydrogens is 202 g/mol. The molecule has 0 saturated carbocycles. The fourth-order valence-corrected chi connectivity index (χ4v) is 1.19. The first kappa shape index (κ1) is 9.79. The third-order valence-electron chi connectivity index (χ3n) is 1.92. The molecule has 0 aliphatic rings. The summed E-state index contributed by atoms with van der Waals surface area (Å²) in [5.41, 5.74) is 5.97. The molecule has 1 aromatic carbocycles. The minimum atomic E-state index is -0.708. The summed E-state index contributed by atoms with van der Waals surface area (Å²) in [6.45, 7) is 0.215. The van der Waals surface area contributed by atoms with Crippen molar-refractivity contribution >= 4 is 0 Å². The van der Waals surface area contributed by atoms with Crippen LogP contribution in [-0.4, -0.2) is 4.98 Å². The van der Waals surface area contributed by atoms with E-state index in [0.29, 0.717) is 5.69 Å². The van der Waals surface area contributed by atoms with Crippen LogP contribution in [-0.2, 0) is 6.54 Å². The summed E-state index contributed by atoms with van der Waals surface area (Å²) >= 11 is 0. The van der Waals surface area contributed by atoms with Crippen molar-refractivity contribution in [1.82, 2.24) is 4.98 Å². The van der Waals surface area contributed by atoms with Crippen LogP contribution in [0.4, 0.5) is 8.78 Å². The minimum absolute atomic E-state index is 0.105. The van der Waals surface area contributed by atoms with Crippen LogP contribution in [0.1, 0.15) is 5.69 Å². The van der Waals surface area contributed by atoms with E-state index in [0.717, 1.165) is 12.1 Å². The Morgan fingerprint density at radius 2 is 2.13 bits per heavy atom. The number of rotatable bonds is 2. The van der Waals surface area contributed by atoms with Gasteiger partial charge in [0.2, 0.25) is 5.89 Å². The highest BCUT2D eigenvalue weighted by molar-refractivity contribution is 5.54. The second-order valence-corrected chi connectivity index (χ2v) is 2.97. The van der Waals surface area contributed by atoms with E-state index in [1.807, 2.05) is 0 Å². The van der Waals surface area contributed by atoms with E-state index >= 15 is 0 Å². The van der Waals surface area contributed by atoms with Gasteiger partial charge in [0.25, 0.3) is 0 Å². The van der Waals surface area contributed by atoms with Crippen molar-refractivity contribution in [2.75, 3.05) is 0 Å². The van der Waals surface area contributed by atoms with Gasteiger partial charge >= 0.3 is 0 Å². The zero-order chi connectivity index (χ0) is 10.8. The van der Waals surface area contributed by atoms with Gasteiger partial charge in [0.15, 0.2) is 0 Å². The lowest BCUT2D eigenvalue weighted by Crippen LogP contribution is -1.96. The monoisotopic (exact) mass is 210 g/mol. The summed E-state index contributed by atoms with van der Waals surface area (Å²) in [5, 5.41) is 0. The van der Waals surface area contributed by atoms with Crippen LogP contribution < -0.4 is 5.73 Å². The van der Waals surface area contributed by atoms with E-state index < -0.39 is 11.6 Å². The number of oxazole rings is 1. The van der Waals surface area contributed by atoms with Crippen LogP contribution in [0.5, 0.6) is 0 Å². The number of hydrogen-bond donors (Lipinski definition) is 1. The number of benzene rings is 1. The highest BCUT2D eigenvalue weighted by Crippen LogP contribution is 2.22. The smallest absolute Gasteiger partial charge is 0.229 e. The molecule has 0 fully saturated rings. The minimum Gasteiger partial charge on any atom is -0.444 e. The summed E-state index contributed by atoms with van der Waals surface area (Å²) < 4.78 is 30.9. The highest BCUT2D eigenvalue weighted by atomic mass is 19.1. The molecule has 2 N–H and O–H groups in total. The van der Waals surface area contributed by atoms with Crippen molar-refractivity contribution in [3.05, 3.63) is 41.8 Å². The second-order valence-electron chi connectivity index (χ2n) is 2.97. The molecule has 0 atom stereocenters. The van der Waals surface area contributed by atoms with Crippen LogP contribution in [0.2, 0.25) is 0 Å². The fraction of sp³-hybridized carbons (Fsp3) is 0.100. The van der Waals surface area contributed by atoms with Crippen LogP contribution in [0.25, 0.3) is 11.5 Å². The van der Waals surface area contributed by atoms with Crippen molar-refractivity contribution in [3.8, 4) is 11.5 Å². The Morgan fingerprint density at radius 3 is 2.73 bits per heavy atom. The Labute approximate surface area is 84.5 Å². The number of aromatic nitrogens is 1. The van der Waals surface area contributed by atoms with Crippen molar-refractivity contribution in [2.24, 2.45) is 5.73 Å². The van der Waals surface area contributed by atoms with Crippen molar-refractivity contribution in [2.45, 2.75) is 6.54 Å². The van der Waals surface area contributed by atoms with E-state index in [4.69, 9.17) is 10.2 Å². The van der Waals surface area contributed by atoms with E-state index in [9.17, 15) is 8.78 Å². The quantitative estimate of drug-likeness (QED) is 0.825. The first-order valence-corrected chi connectivity index (χ1v) is 4.30. The van der Waals surface area contributed by atoms with Gasteiger partial charge in [-0.25, -0.2) is 13.8 Å². The van der Waals surface area contributed by atoms with E-state index in [1.54, 1.807) is 0 Å². The SMILES string of the molecule is NCc1coc(-c2ccc(F)cc2F)n1. The summed E-state index contributed by atoms with van der Waals surface area (Å²) in [6, 6.07) is 3.20. The van der Waals surface area contributed by atoms with Gasteiger partial charge in [-0.15, -0.1) is 0 Å². The maximum atomic E-state index is 13.3. The number of nitrogens with zero attached hydrogens (tertiary/aromatic N) is 1. The predicted octanol–water partition coefficient (Wildman–Crippen LogP) is 2.08. The van der Waals surface area contributed by atoms with Crippen LogP contribution in [0, 0.1) is 11.6 Å². The molecule has 0 saturated heterocycles. The summed E-state index contributed by atoms with van der Waals surface area (Å²) in [6.07, 6.45) is 1.35. The number of halogens is 2. The Kier molecular flexibility index (Phi) is 2.47. The Hall–Kier alpha value is -1.75. The van der Waals surface area contributed by atoms with Gasteiger partial charge in [-0.1, -0.05) is 0 Å². The van der Waals surface area contributed by atoms with Crippen LogP contribution >= 0.6 is 0 Å². The molecule has 15 heavy (non-hydrogen) atoms. The van der Waals surface area contributed by atoms with E-state index in [-0.39, 0.29) is 18.0 Å². The third-order valence-corrected chi connectivity index (χ3v) is 1.92. The Morgan fingerprint density at radius 1 is 1.33 bits per heavy atom. The molecule has 0 radical (unpaired) electrons. The molecule has 0 aliphatic heterocycles. The van der Waals surface area contributed by atoms with Gasteiger partial charge < -0.3 is 10.2 Å². The predicted molar refractivity (Wildman–Crippen MR) is 49.7 cm³/mol. The van der Waals surface area contributed by atoms with Gasteiger partial charge in [-0.3, -0.25) is 0 Å². The largest absolute Gasteiger partial charge is 0.444 e. The van der Waals surface area contributed by atoms with Crippen molar-refractivity contribution in [1.29, 1.82) is 0 Å². The zero-order valence-electron chi connectivity index (χ0n) is 7.71. The topological polar surface area (TPSA) is 52.0 Å². The highest BCUT2D eigenvalue weighted by Gasteiger charge is 2.11. The van der Waals surface area contributed by atoms with Crippen molar-refractivity contribution < 1.29 is 13.2 Å². The lowest BCUT2D eigenvalue weighted by molar-refractivity contribution is 0.553. The molecule has 0 spiro atoms. The maximum absolute atomic E-state index is 13.3. The van der Waals surface area contributed by atoms with Crippen molar-refractivity contribution in [3.63, 3.8) is 0 Å². The second kappa shape index (κ2) is 3.78. The first-order valence-electron chi connectivity index (χ1n) is 4.30. The lowest BCUT2D eigenvalue weighted by atomic mass is 10.2. The van der Waals surface area contributed by atoms with Gasteiger partial charge in [0.1, 0.15) is 17.9 Å². The van der Waals surface area contributed by atoms with Gasteiger partial charge in [-0.05, 0) is 12.1 Å². The lowest BCUT2D eigenvalue weighted by Gasteiger charge is -1.97. The van der Waals surface area contributed by atoms with Gasteiger partial charge in [-0.2, -0.15) is 0 Å².